The lowest BCUT2D eigenvalue weighted by molar-refractivity contribution is -0.179. The van der Waals surface area contributed by atoms with Crippen LogP contribution in [0.5, 0.6) is 11.5 Å². The van der Waals surface area contributed by atoms with Crippen LogP contribution in [0.25, 0.3) is 0 Å². The molecule has 0 spiro atoms. The van der Waals surface area contributed by atoms with Crippen molar-refractivity contribution in [3.8, 4) is 11.5 Å². The van der Waals surface area contributed by atoms with Crippen molar-refractivity contribution >= 4 is 5.97 Å². The number of esters is 1. The third kappa shape index (κ3) is 4.85. The fourth-order valence-electron chi connectivity index (χ4n) is 5.15. The van der Waals surface area contributed by atoms with E-state index in [0.29, 0.717) is 5.92 Å². The number of rotatable bonds is 7. The van der Waals surface area contributed by atoms with Crippen molar-refractivity contribution in [2.24, 2.45) is 23.5 Å². The van der Waals surface area contributed by atoms with E-state index in [1.165, 1.54) is 11.1 Å². The minimum atomic E-state index is -0.599. The van der Waals surface area contributed by atoms with E-state index in [0.717, 1.165) is 43.9 Å². The summed E-state index contributed by atoms with van der Waals surface area (Å²) in [6, 6.07) is 3.79. The zero-order valence-corrected chi connectivity index (χ0v) is 20.2. The van der Waals surface area contributed by atoms with Gasteiger partial charge in [-0.15, -0.1) is 0 Å². The van der Waals surface area contributed by atoms with Gasteiger partial charge in [0.2, 0.25) is 0 Å². The van der Waals surface area contributed by atoms with Gasteiger partial charge in [-0.3, -0.25) is 9.69 Å². The van der Waals surface area contributed by atoms with Crippen LogP contribution in [0.1, 0.15) is 64.6 Å². The first-order valence-corrected chi connectivity index (χ1v) is 11.6. The summed E-state index contributed by atoms with van der Waals surface area (Å²) >= 11 is 0. The van der Waals surface area contributed by atoms with Crippen LogP contribution in [0.2, 0.25) is 0 Å². The molecule has 1 aromatic carbocycles. The van der Waals surface area contributed by atoms with Gasteiger partial charge in [-0.1, -0.05) is 27.7 Å². The van der Waals surface area contributed by atoms with Crippen molar-refractivity contribution in [2.75, 3.05) is 27.3 Å². The Morgan fingerprint density at radius 2 is 1.84 bits per heavy atom. The number of nitrogens with two attached hydrogens (primary N) is 1. The van der Waals surface area contributed by atoms with Crippen LogP contribution >= 0.6 is 0 Å². The van der Waals surface area contributed by atoms with Gasteiger partial charge < -0.3 is 19.9 Å². The first-order valence-electron chi connectivity index (χ1n) is 11.6. The minimum Gasteiger partial charge on any atom is -0.493 e. The van der Waals surface area contributed by atoms with Crippen molar-refractivity contribution in [2.45, 2.75) is 71.6 Å². The first-order chi connectivity index (χ1) is 14.6. The molecular weight excluding hydrogens is 392 g/mol. The summed E-state index contributed by atoms with van der Waals surface area (Å²) in [6.45, 7) is 12.4. The number of carbonyl (C=O) groups is 1. The molecule has 0 amide bonds. The number of methoxy groups -OCH3 is 2. The molecule has 0 saturated carbocycles. The summed E-state index contributed by atoms with van der Waals surface area (Å²) in [5.74, 6) is 2.07. The summed E-state index contributed by atoms with van der Waals surface area (Å²) in [5.41, 5.74) is 8.12. The Morgan fingerprint density at radius 1 is 1.19 bits per heavy atom. The SMILES string of the molecule is COc1cc2c(cc1OC)C1CC(C)(OC(=O)[C@@H](N)C(C)C)C(CC(C)C)CN1CC2. The quantitative estimate of drug-likeness (QED) is 0.658. The maximum atomic E-state index is 12.9. The van der Waals surface area contributed by atoms with Crippen molar-refractivity contribution in [1.29, 1.82) is 0 Å². The van der Waals surface area contributed by atoms with E-state index in [1.807, 2.05) is 13.8 Å². The second-order valence-corrected chi connectivity index (χ2v) is 10.2. The van der Waals surface area contributed by atoms with E-state index in [-0.39, 0.29) is 23.8 Å². The molecule has 0 aliphatic carbocycles. The molecule has 0 radical (unpaired) electrons. The van der Waals surface area contributed by atoms with Gasteiger partial charge in [0.15, 0.2) is 11.5 Å². The van der Waals surface area contributed by atoms with E-state index in [2.05, 4.69) is 37.8 Å². The highest BCUT2D eigenvalue weighted by atomic mass is 16.6. The molecule has 0 aromatic heterocycles. The average molecular weight is 433 g/mol. The lowest BCUT2D eigenvalue weighted by atomic mass is 9.72. The normalized spacial score (nSPS) is 26.9. The van der Waals surface area contributed by atoms with Crippen molar-refractivity contribution in [3.63, 3.8) is 0 Å². The lowest BCUT2D eigenvalue weighted by Crippen LogP contribution is -2.56. The first kappa shape index (κ1) is 23.9. The highest BCUT2D eigenvalue weighted by Crippen LogP contribution is 2.48. The van der Waals surface area contributed by atoms with Crippen LogP contribution in [-0.2, 0) is 16.0 Å². The Kier molecular flexibility index (Phi) is 7.21. The molecule has 2 aliphatic heterocycles. The predicted octanol–water partition coefficient (Wildman–Crippen LogP) is 3.95. The standard InChI is InChI=1S/C25H40N2O4/c1-15(2)10-18-14-27-9-8-17-11-21(29-6)22(30-7)12-19(17)20(27)13-25(18,5)31-24(28)23(26)16(3)4/h11-12,15-16,18,20,23H,8-10,13-14,26H2,1-7H3/t18?,20?,23-,25?/m0/s1. The molecule has 1 aromatic rings. The second kappa shape index (κ2) is 9.37. The molecule has 2 N–H and O–H groups in total. The molecule has 4 atom stereocenters. The van der Waals surface area contributed by atoms with E-state index in [9.17, 15) is 4.79 Å². The number of ether oxygens (including phenoxy) is 3. The van der Waals surface area contributed by atoms with Crippen LogP contribution in [0.3, 0.4) is 0 Å². The second-order valence-electron chi connectivity index (χ2n) is 10.2. The van der Waals surface area contributed by atoms with Gasteiger partial charge in [0, 0.05) is 31.5 Å². The van der Waals surface area contributed by atoms with Gasteiger partial charge in [0.25, 0.3) is 0 Å². The van der Waals surface area contributed by atoms with E-state index < -0.39 is 11.6 Å². The molecule has 3 rings (SSSR count). The molecule has 1 fully saturated rings. The van der Waals surface area contributed by atoms with Gasteiger partial charge in [-0.25, -0.2) is 0 Å². The highest BCUT2D eigenvalue weighted by Gasteiger charge is 2.49. The summed E-state index contributed by atoms with van der Waals surface area (Å²) in [6.07, 6.45) is 2.75. The number of hydrogen-bond donors (Lipinski definition) is 1. The monoisotopic (exact) mass is 432 g/mol. The van der Waals surface area contributed by atoms with E-state index in [4.69, 9.17) is 19.9 Å². The molecule has 174 valence electrons. The highest BCUT2D eigenvalue weighted by molar-refractivity contribution is 5.76. The van der Waals surface area contributed by atoms with Crippen LogP contribution in [0.15, 0.2) is 12.1 Å². The maximum Gasteiger partial charge on any atom is 0.323 e. The van der Waals surface area contributed by atoms with Gasteiger partial charge in [-0.2, -0.15) is 0 Å². The molecule has 0 bridgehead atoms. The third-order valence-electron chi connectivity index (χ3n) is 7.11. The largest absolute Gasteiger partial charge is 0.493 e. The molecular formula is C25H40N2O4. The summed E-state index contributed by atoms with van der Waals surface area (Å²) < 4.78 is 17.3. The van der Waals surface area contributed by atoms with Crippen molar-refractivity contribution in [1.82, 2.24) is 4.90 Å². The molecule has 2 heterocycles. The summed E-state index contributed by atoms with van der Waals surface area (Å²) in [7, 11) is 3.34. The number of nitrogens with zero attached hydrogens (tertiary/aromatic N) is 1. The van der Waals surface area contributed by atoms with Crippen LogP contribution < -0.4 is 15.2 Å². The molecule has 6 heteroatoms. The maximum absolute atomic E-state index is 12.9. The Labute approximate surface area is 187 Å². The molecule has 1 saturated heterocycles. The topological polar surface area (TPSA) is 74.0 Å². The summed E-state index contributed by atoms with van der Waals surface area (Å²) in [4.78, 5) is 15.4. The molecule has 2 aliphatic rings. The average Bonchev–Trinajstić information content (AvgIpc) is 2.72. The van der Waals surface area contributed by atoms with Crippen LogP contribution in [0, 0.1) is 17.8 Å². The smallest absolute Gasteiger partial charge is 0.323 e. The number of benzene rings is 1. The lowest BCUT2D eigenvalue weighted by Gasteiger charge is -2.52. The van der Waals surface area contributed by atoms with Crippen molar-refractivity contribution < 1.29 is 19.0 Å². The Balaban J connectivity index is 1.95. The number of piperidine rings is 1. The predicted molar refractivity (Wildman–Crippen MR) is 122 cm³/mol. The van der Waals surface area contributed by atoms with Crippen molar-refractivity contribution in [3.05, 3.63) is 23.3 Å². The van der Waals surface area contributed by atoms with Gasteiger partial charge in [-0.05, 0) is 54.9 Å². The molecule has 3 unspecified atom stereocenters. The number of fused-ring (bicyclic) bond motifs is 3. The Hall–Kier alpha value is -1.79. The van der Waals surface area contributed by atoms with Gasteiger partial charge in [0.1, 0.15) is 11.6 Å². The third-order valence-corrected chi connectivity index (χ3v) is 7.11. The Morgan fingerprint density at radius 3 is 2.42 bits per heavy atom. The van der Waals surface area contributed by atoms with Crippen LogP contribution in [-0.4, -0.2) is 49.8 Å². The zero-order valence-electron chi connectivity index (χ0n) is 20.2. The van der Waals surface area contributed by atoms with E-state index in [1.54, 1.807) is 14.2 Å². The Bertz CT molecular complexity index is 794. The fraction of sp³-hybridized carbons (Fsp3) is 0.720. The van der Waals surface area contributed by atoms with Gasteiger partial charge >= 0.3 is 5.97 Å². The minimum absolute atomic E-state index is 0.0480. The zero-order chi connectivity index (χ0) is 22.9. The fourth-order valence-corrected chi connectivity index (χ4v) is 5.15. The van der Waals surface area contributed by atoms with E-state index >= 15 is 0 Å². The van der Waals surface area contributed by atoms with Crippen LogP contribution in [0.4, 0.5) is 0 Å². The number of carbonyl (C=O) groups excluding carboxylic acids is 1. The number of hydrogen-bond acceptors (Lipinski definition) is 6. The van der Waals surface area contributed by atoms with Gasteiger partial charge in [0.05, 0.1) is 14.2 Å². The molecule has 6 nitrogen and oxygen atoms in total. The molecule has 31 heavy (non-hydrogen) atoms. The summed E-state index contributed by atoms with van der Waals surface area (Å²) in [5, 5.41) is 0.